The van der Waals surface area contributed by atoms with Crippen molar-refractivity contribution in [3.05, 3.63) is 52.5 Å². The Morgan fingerprint density at radius 1 is 1.08 bits per heavy atom. The highest BCUT2D eigenvalue weighted by Crippen LogP contribution is 2.27. The average molecular weight is 372 g/mol. The Morgan fingerprint density at radius 3 is 2.42 bits per heavy atom. The molecule has 0 bridgehead atoms. The topological polar surface area (TPSA) is 44.4 Å². The van der Waals surface area contributed by atoms with Crippen LogP contribution in [0.3, 0.4) is 0 Å². The third-order valence-corrected chi connectivity index (χ3v) is 5.03. The number of benzene rings is 2. The van der Waals surface area contributed by atoms with Gasteiger partial charge in [0.1, 0.15) is 0 Å². The van der Waals surface area contributed by atoms with Crippen LogP contribution in [0.15, 0.2) is 36.4 Å². The van der Waals surface area contributed by atoms with Crippen molar-refractivity contribution in [2.45, 2.75) is 33.1 Å². The molecule has 0 atom stereocenters. The molecule has 2 N–H and O–H groups in total. The molecule has 0 saturated carbocycles. The Bertz CT molecular complexity index is 744. The minimum Gasteiger partial charge on any atom is -0.375 e. The Kier molecular flexibility index (Phi) is 6.04. The van der Waals surface area contributed by atoms with Gasteiger partial charge in [0.05, 0.1) is 17.3 Å². The Balaban J connectivity index is 1.55. The van der Waals surface area contributed by atoms with Gasteiger partial charge in [-0.1, -0.05) is 17.7 Å². The molecule has 26 heavy (non-hydrogen) atoms. The molecule has 1 saturated heterocycles. The summed E-state index contributed by atoms with van der Waals surface area (Å²) >= 11 is 6.27. The highest BCUT2D eigenvalue weighted by molar-refractivity contribution is 6.33. The lowest BCUT2D eigenvalue weighted by Crippen LogP contribution is -2.29. The lowest BCUT2D eigenvalue weighted by atomic mass is 10.1. The molecule has 0 spiro atoms. The van der Waals surface area contributed by atoms with Crippen LogP contribution in [0.25, 0.3) is 0 Å². The van der Waals surface area contributed by atoms with Gasteiger partial charge in [-0.25, -0.2) is 0 Å². The van der Waals surface area contributed by atoms with Gasteiger partial charge >= 0.3 is 0 Å². The fraction of sp³-hybridized carbons (Fsp3) is 0.381. The first-order chi connectivity index (χ1) is 12.5. The van der Waals surface area contributed by atoms with E-state index >= 15 is 0 Å². The minimum atomic E-state index is -0.0910. The van der Waals surface area contributed by atoms with Crippen LogP contribution >= 0.6 is 11.6 Å². The molecule has 1 amide bonds. The third kappa shape index (κ3) is 4.70. The largest absolute Gasteiger partial charge is 0.375 e. The van der Waals surface area contributed by atoms with Crippen molar-refractivity contribution in [3.63, 3.8) is 0 Å². The monoisotopic (exact) mass is 371 g/mol. The van der Waals surface area contributed by atoms with Crippen molar-refractivity contribution < 1.29 is 4.79 Å². The molecule has 138 valence electrons. The zero-order valence-electron chi connectivity index (χ0n) is 15.4. The van der Waals surface area contributed by atoms with E-state index in [2.05, 4.69) is 27.7 Å². The van der Waals surface area contributed by atoms with Crippen LogP contribution < -0.4 is 15.5 Å². The summed E-state index contributed by atoms with van der Waals surface area (Å²) in [5, 5.41) is 6.71. The van der Waals surface area contributed by atoms with Crippen LogP contribution in [0.1, 0.15) is 30.4 Å². The summed E-state index contributed by atoms with van der Waals surface area (Å²) in [5.41, 5.74) is 4.99. The fourth-order valence-electron chi connectivity index (χ4n) is 3.42. The normalized spacial score (nSPS) is 14.2. The minimum absolute atomic E-state index is 0.0910. The summed E-state index contributed by atoms with van der Waals surface area (Å²) in [6.45, 7) is 6.40. The van der Waals surface area contributed by atoms with Crippen molar-refractivity contribution in [3.8, 4) is 0 Å². The van der Waals surface area contributed by atoms with Gasteiger partial charge in [-0.2, -0.15) is 0 Å². The van der Waals surface area contributed by atoms with Crippen molar-refractivity contribution in [1.29, 1.82) is 0 Å². The van der Waals surface area contributed by atoms with Crippen LogP contribution in [-0.2, 0) is 4.79 Å². The van der Waals surface area contributed by atoms with Crippen LogP contribution in [0.4, 0.5) is 17.1 Å². The molecule has 4 nitrogen and oxygen atoms in total. The molecule has 0 aliphatic carbocycles. The van der Waals surface area contributed by atoms with E-state index in [1.54, 1.807) is 0 Å². The van der Waals surface area contributed by atoms with Crippen LogP contribution in [0, 0.1) is 13.8 Å². The molecule has 0 unspecified atom stereocenters. The Labute approximate surface area is 160 Å². The number of carbonyl (C=O) groups excluding carboxylic acids is 1. The molecule has 1 aliphatic heterocycles. The number of nitrogens with one attached hydrogen (secondary N) is 2. The first-order valence-corrected chi connectivity index (χ1v) is 9.56. The van der Waals surface area contributed by atoms with Gasteiger partial charge in [-0.05, 0) is 74.6 Å². The van der Waals surface area contributed by atoms with Gasteiger partial charge in [-0.15, -0.1) is 0 Å². The molecular weight excluding hydrogens is 346 g/mol. The number of rotatable bonds is 5. The molecular formula is C21H26ClN3O. The lowest BCUT2D eigenvalue weighted by Gasteiger charge is -2.28. The van der Waals surface area contributed by atoms with E-state index in [9.17, 15) is 4.79 Å². The third-order valence-electron chi connectivity index (χ3n) is 4.73. The number of anilines is 3. The van der Waals surface area contributed by atoms with Crippen LogP contribution in [-0.4, -0.2) is 25.5 Å². The van der Waals surface area contributed by atoms with Gasteiger partial charge in [0.25, 0.3) is 0 Å². The van der Waals surface area contributed by atoms with Gasteiger partial charge in [0.2, 0.25) is 5.91 Å². The van der Waals surface area contributed by atoms with Gasteiger partial charge < -0.3 is 15.5 Å². The van der Waals surface area contributed by atoms with Crippen molar-refractivity contribution in [2.24, 2.45) is 0 Å². The van der Waals surface area contributed by atoms with Crippen molar-refractivity contribution in [2.75, 3.05) is 35.2 Å². The maximum Gasteiger partial charge on any atom is 0.243 e. The molecule has 1 fully saturated rings. The molecule has 2 aromatic carbocycles. The molecule has 0 radical (unpaired) electrons. The second kappa shape index (κ2) is 8.45. The highest BCUT2D eigenvalue weighted by Gasteiger charge is 2.11. The van der Waals surface area contributed by atoms with Gasteiger partial charge in [0.15, 0.2) is 0 Å². The summed E-state index contributed by atoms with van der Waals surface area (Å²) in [6.07, 6.45) is 3.83. The van der Waals surface area contributed by atoms with E-state index in [0.717, 1.165) is 35.6 Å². The number of carbonyl (C=O) groups is 1. The average Bonchev–Trinajstić information content (AvgIpc) is 2.62. The Hall–Kier alpha value is -2.20. The lowest BCUT2D eigenvalue weighted by molar-refractivity contribution is -0.114. The number of hydrogen-bond acceptors (Lipinski definition) is 3. The van der Waals surface area contributed by atoms with E-state index in [4.69, 9.17) is 11.6 Å². The SMILES string of the molecule is Cc1cc(C)c(NCC(=O)Nc2ccc(N3CCCCC3)cc2)c(Cl)c1. The van der Waals surface area contributed by atoms with Crippen molar-refractivity contribution in [1.82, 2.24) is 0 Å². The maximum atomic E-state index is 12.2. The van der Waals surface area contributed by atoms with Crippen LogP contribution in [0.2, 0.25) is 5.02 Å². The maximum absolute atomic E-state index is 12.2. The predicted molar refractivity (Wildman–Crippen MR) is 111 cm³/mol. The fourth-order valence-corrected chi connectivity index (χ4v) is 3.81. The molecule has 5 heteroatoms. The zero-order valence-corrected chi connectivity index (χ0v) is 16.2. The second-order valence-corrected chi connectivity index (χ2v) is 7.34. The molecule has 0 aromatic heterocycles. The van der Waals surface area contributed by atoms with E-state index < -0.39 is 0 Å². The summed E-state index contributed by atoms with van der Waals surface area (Å²) < 4.78 is 0. The highest BCUT2D eigenvalue weighted by atomic mass is 35.5. The summed E-state index contributed by atoms with van der Waals surface area (Å²) in [6, 6.07) is 12.0. The number of aryl methyl sites for hydroxylation is 2. The summed E-state index contributed by atoms with van der Waals surface area (Å²) in [4.78, 5) is 14.6. The Morgan fingerprint density at radius 2 is 1.77 bits per heavy atom. The number of piperidine rings is 1. The van der Waals surface area contributed by atoms with Gasteiger partial charge in [-0.3, -0.25) is 4.79 Å². The van der Waals surface area contributed by atoms with Gasteiger partial charge in [0, 0.05) is 24.5 Å². The first-order valence-electron chi connectivity index (χ1n) is 9.18. The van der Waals surface area contributed by atoms with E-state index in [1.165, 1.54) is 24.9 Å². The second-order valence-electron chi connectivity index (χ2n) is 6.93. The number of amides is 1. The van der Waals surface area contributed by atoms with Crippen molar-refractivity contribution >= 4 is 34.6 Å². The molecule has 3 rings (SSSR count). The van der Waals surface area contributed by atoms with E-state index in [1.807, 2.05) is 38.1 Å². The standard InChI is InChI=1S/C21H26ClN3O/c1-15-12-16(2)21(19(22)13-15)23-14-20(26)24-17-6-8-18(9-7-17)25-10-4-3-5-11-25/h6-9,12-13,23H,3-5,10-11,14H2,1-2H3,(H,24,26). The number of halogens is 1. The van der Waals surface area contributed by atoms with E-state index in [-0.39, 0.29) is 12.5 Å². The summed E-state index contributed by atoms with van der Waals surface area (Å²) in [5.74, 6) is -0.0910. The van der Waals surface area contributed by atoms with Crippen LogP contribution in [0.5, 0.6) is 0 Å². The smallest absolute Gasteiger partial charge is 0.243 e. The zero-order chi connectivity index (χ0) is 18.5. The number of hydrogen-bond donors (Lipinski definition) is 2. The molecule has 1 heterocycles. The van der Waals surface area contributed by atoms with E-state index in [0.29, 0.717) is 5.02 Å². The molecule has 2 aromatic rings. The first kappa shape index (κ1) is 18.6. The summed E-state index contributed by atoms with van der Waals surface area (Å²) in [7, 11) is 0. The quantitative estimate of drug-likeness (QED) is 0.777. The number of nitrogens with zero attached hydrogens (tertiary/aromatic N) is 1. The predicted octanol–water partition coefficient (Wildman–Crippen LogP) is 5.00. The molecule has 1 aliphatic rings.